The first-order valence-corrected chi connectivity index (χ1v) is 7.10. The van der Waals surface area contributed by atoms with Crippen LogP contribution in [0.3, 0.4) is 0 Å². The number of rotatable bonds is 5. The minimum absolute atomic E-state index is 0.00410. The Morgan fingerprint density at radius 3 is 2.71 bits per heavy atom. The van der Waals surface area contributed by atoms with E-state index >= 15 is 0 Å². The lowest BCUT2D eigenvalue weighted by Gasteiger charge is -2.42. The van der Waals surface area contributed by atoms with E-state index in [1.54, 1.807) is 9.80 Å². The van der Waals surface area contributed by atoms with Gasteiger partial charge in [0.25, 0.3) is 0 Å². The van der Waals surface area contributed by atoms with Crippen molar-refractivity contribution in [3.63, 3.8) is 0 Å². The summed E-state index contributed by atoms with van der Waals surface area (Å²) in [6.07, 6.45) is 3.42. The van der Waals surface area contributed by atoms with Crippen LogP contribution in [0.4, 0.5) is 4.79 Å². The Morgan fingerprint density at radius 2 is 2.19 bits per heavy atom. The van der Waals surface area contributed by atoms with E-state index in [0.29, 0.717) is 13.1 Å². The average molecular weight is 295 g/mol. The molecule has 0 bridgehead atoms. The molecule has 1 unspecified atom stereocenters. The molecule has 0 spiro atoms. The first-order valence-electron chi connectivity index (χ1n) is 7.10. The van der Waals surface area contributed by atoms with Crippen molar-refractivity contribution >= 4 is 12.0 Å². The highest BCUT2D eigenvalue weighted by molar-refractivity contribution is 5.84. The lowest BCUT2D eigenvalue weighted by atomic mass is 10.1. The Kier molecular flexibility index (Phi) is 4.44. The van der Waals surface area contributed by atoms with Crippen molar-refractivity contribution < 1.29 is 14.7 Å². The number of amides is 2. The van der Waals surface area contributed by atoms with Gasteiger partial charge in [0.15, 0.2) is 5.69 Å². The van der Waals surface area contributed by atoms with Gasteiger partial charge in [0, 0.05) is 26.2 Å². The fourth-order valence-electron chi connectivity index (χ4n) is 2.36. The molecule has 0 radical (unpaired) electrons. The Morgan fingerprint density at radius 1 is 1.52 bits per heavy atom. The van der Waals surface area contributed by atoms with Crippen molar-refractivity contribution in [2.75, 3.05) is 20.1 Å². The fraction of sp³-hybridized carbons (Fsp3) is 0.692. The number of carboxylic acid groups (broad SMARTS) is 1. The van der Waals surface area contributed by atoms with E-state index in [-0.39, 0.29) is 23.8 Å². The molecule has 1 aromatic heterocycles. The summed E-state index contributed by atoms with van der Waals surface area (Å²) in [5, 5.41) is 16.2. The zero-order valence-corrected chi connectivity index (χ0v) is 12.6. The highest BCUT2D eigenvalue weighted by Gasteiger charge is 2.35. The summed E-state index contributed by atoms with van der Waals surface area (Å²) in [7, 11) is 1.81. The van der Waals surface area contributed by atoms with E-state index in [2.05, 4.69) is 17.2 Å². The maximum absolute atomic E-state index is 12.2. The average Bonchev–Trinajstić information content (AvgIpc) is 2.85. The van der Waals surface area contributed by atoms with Crippen molar-refractivity contribution in [1.82, 2.24) is 24.8 Å². The maximum Gasteiger partial charge on any atom is 0.358 e. The zero-order valence-electron chi connectivity index (χ0n) is 12.6. The van der Waals surface area contributed by atoms with E-state index in [9.17, 15) is 9.59 Å². The highest BCUT2D eigenvalue weighted by Crippen LogP contribution is 2.22. The van der Waals surface area contributed by atoms with Crippen LogP contribution in [0.5, 0.6) is 0 Å². The van der Waals surface area contributed by atoms with Gasteiger partial charge < -0.3 is 14.9 Å². The normalized spacial score (nSPS) is 16.4. The highest BCUT2D eigenvalue weighted by atomic mass is 16.4. The number of nitrogens with zero attached hydrogens (tertiary/aromatic N) is 5. The standard InChI is InChI=1S/C13H21N5O3/c1-4-5-9(2)16(3)13(21)17-6-10(7-17)18-8-11(12(19)20)14-15-18/h8-10H,4-7H2,1-3H3,(H,19,20). The van der Waals surface area contributed by atoms with Crippen molar-refractivity contribution in [3.8, 4) is 0 Å². The summed E-state index contributed by atoms with van der Waals surface area (Å²) in [4.78, 5) is 26.5. The topological polar surface area (TPSA) is 91.6 Å². The number of carbonyl (C=O) groups excluding carboxylic acids is 1. The number of carbonyl (C=O) groups is 2. The van der Waals surface area contributed by atoms with E-state index < -0.39 is 5.97 Å². The number of urea groups is 1. The summed E-state index contributed by atoms with van der Waals surface area (Å²) in [6, 6.07) is 0.224. The molecule has 8 nitrogen and oxygen atoms in total. The first kappa shape index (κ1) is 15.3. The van der Waals surface area contributed by atoms with E-state index in [1.165, 1.54) is 10.9 Å². The molecule has 1 saturated heterocycles. The molecule has 1 N–H and O–H groups in total. The lowest BCUT2D eigenvalue weighted by molar-refractivity contribution is 0.0689. The second kappa shape index (κ2) is 6.11. The molecule has 2 rings (SSSR count). The van der Waals surface area contributed by atoms with Crippen LogP contribution < -0.4 is 0 Å². The number of hydrogen-bond donors (Lipinski definition) is 1. The fourth-order valence-corrected chi connectivity index (χ4v) is 2.36. The molecule has 1 atom stereocenters. The summed E-state index contributed by atoms with van der Waals surface area (Å²) < 4.78 is 1.52. The number of aromatic nitrogens is 3. The van der Waals surface area contributed by atoms with Gasteiger partial charge in [-0.25, -0.2) is 14.3 Å². The predicted octanol–water partition coefficient (Wildman–Crippen LogP) is 1.07. The van der Waals surface area contributed by atoms with Gasteiger partial charge in [0.05, 0.1) is 12.2 Å². The van der Waals surface area contributed by atoms with Gasteiger partial charge in [-0.05, 0) is 13.3 Å². The second-order valence-corrected chi connectivity index (χ2v) is 5.48. The van der Waals surface area contributed by atoms with Crippen LogP contribution >= 0.6 is 0 Å². The van der Waals surface area contributed by atoms with Gasteiger partial charge in [-0.2, -0.15) is 0 Å². The summed E-state index contributed by atoms with van der Waals surface area (Å²) >= 11 is 0. The van der Waals surface area contributed by atoms with Gasteiger partial charge in [-0.15, -0.1) is 5.10 Å². The molecule has 1 aliphatic heterocycles. The van der Waals surface area contributed by atoms with Crippen LogP contribution in [-0.2, 0) is 0 Å². The molecule has 2 amide bonds. The Hall–Kier alpha value is -2.12. The molecule has 1 aliphatic rings. The van der Waals surface area contributed by atoms with Crippen LogP contribution in [0.2, 0.25) is 0 Å². The molecule has 0 aromatic carbocycles. The SMILES string of the molecule is CCCC(C)N(C)C(=O)N1CC(n2cc(C(=O)O)nn2)C1. The van der Waals surface area contributed by atoms with Gasteiger partial charge in [-0.1, -0.05) is 18.6 Å². The molecule has 1 aromatic rings. The Labute approximate surface area is 123 Å². The number of likely N-dealkylation sites (tertiary alicyclic amines) is 1. The quantitative estimate of drug-likeness (QED) is 0.877. The van der Waals surface area contributed by atoms with Crippen LogP contribution in [0.1, 0.15) is 43.2 Å². The minimum Gasteiger partial charge on any atom is -0.476 e. The maximum atomic E-state index is 12.2. The molecule has 8 heteroatoms. The van der Waals surface area contributed by atoms with Gasteiger partial charge in [0.2, 0.25) is 0 Å². The summed E-state index contributed by atoms with van der Waals surface area (Å²) in [5.74, 6) is -1.10. The summed E-state index contributed by atoms with van der Waals surface area (Å²) in [5.41, 5.74) is -0.0755. The van der Waals surface area contributed by atoms with Gasteiger partial charge >= 0.3 is 12.0 Å². The predicted molar refractivity (Wildman–Crippen MR) is 75.1 cm³/mol. The van der Waals surface area contributed by atoms with Gasteiger partial charge in [0.1, 0.15) is 0 Å². The lowest BCUT2D eigenvalue weighted by Crippen LogP contribution is -2.56. The molecule has 116 valence electrons. The van der Waals surface area contributed by atoms with Crippen molar-refractivity contribution in [1.29, 1.82) is 0 Å². The van der Waals surface area contributed by atoms with Gasteiger partial charge in [-0.3, -0.25) is 0 Å². The molecule has 1 fully saturated rings. The first-order chi connectivity index (χ1) is 9.93. The number of hydrogen-bond acceptors (Lipinski definition) is 4. The van der Waals surface area contributed by atoms with Crippen molar-refractivity contribution in [2.24, 2.45) is 0 Å². The van der Waals surface area contributed by atoms with E-state index in [4.69, 9.17) is 5.11 Å². The second-order valence-electron chi connectivity index (χ2n) is 5.48. The van der Waals surface area contributed by atoms with Crippen LogP contribution in [0.25, 0.3) is 0 Å². The van der Waals surface area contributed by atoms with Crippen LogP contribution in [0, 0.1) is 0 Å². The minimum atomic E-state index is -1.10. The Balaban J connectivity index is 1.88. The van der Waals surface area contributed by atoms with Crippen LogP contribution in [0.15, 0.2) is 6.20 Å². The number of carboxylic acids is 1. The monoisotopic (exact) mass is 295 g/mol. The third kappa shape index (κ3) is 3.14. The third-order valence-electron chi connectivity index (χ3n) is 3.91. The molecular weight excluding hydrogens is 274 g/mol. The zero-order chi connectivity index (χ0) is 15.6. The van der Waals surface area contributed by atoms with Crippen molar-refractivity contribution in [2.45, 2.75) is 38.8 Å². The molecule has 21 heavy (non-hydrogen) atoms. The Bertz CT molecular complexity index is 524. The molecule has 0 saturated carbocycles. The third-order valence-corrected chi connectivity index (χ3v) is 3.91. The smallest absolute Gasteiger partial charge is 0.358 e. The van der Waals surface area contributed by atoms with E-state index in [0.717, 1.165) is 12.8 Å². The van der Waals surface area contributed by atoms with Crippen LogP contribution in [-0.4, -0.2) is 68.1 Å². The van der Waals surface area contributed by atoms with E-state index in [1.807, 2.05) is 14.0 Å². The largest absolute Gasteiger partial charge is 0.476 e. The molecule has 2 heterocycles. The van der Waals surface area contributed by atoms with Crippen molar-refractivity contribution in [3.05, 3.63) is 11.9 Å². The molecular formula is C13H21N5O3. The number of aromatic carboxylic acids is 1. The molecule has 0 aliphatic carbocycles. The summed E-state index contributed by atoms with van der Waals surface area (Å²) in [6.45, 7) is 5.20.